The van der Waals surface area contributed by atoms with E-state index in [1.807, 2.05) is 26.8 Å². The van der Waals surface area contributed by atoms with Gasteiger partial charge in [0.1, 0.15) is 12.6 Å². The van der Waals surface area contributed by atoms with Gasteiger partial charge in [0.05, 0.1) is 10.6 Å². The van der Waals surface area contributed by atoms with Crippen molar-refractivity contribution in [2.75, 3.05) is 17.9 Å². The zero-order chi connectivity index (χ0) is 28.9. The van der Waals surface area contributed by atoms with Gasteiger partial charge in [-0.25, -0.2) is 8.42 Å². The topological polar surface area (TPSA) is 86.8 Å². The number of likely N-dealkylation sites (N-methyl/N-ethyl adjacent to an activating group) is 1. The second-order valence-electron chi connectivity index (χ2n) is 9.39. The van der Waals surface area contributed by atoms with Gasteiger partial charge in [-0.15, -0.1) is 0 Å². The van der Waals surface area contributed by atoms with Crippen LogP contribution in [0.15, 0.2) is 65.6 Å². The van der Waals surface area contributed by atoms with E-state index in [-0.39, 0.29) is 17.3 Å². The molecule has 10 heteroatoms. The first-order valence-corrected chi connectivity index (χ1v) is 14.7. The minimum atomic E-state index is -4.13. The van der Waals surface area contributed by atoms with Gasteiger partial charge in [0.25, 0.3) is 10.0 Å². The van der Waals surface area contributed by atoms with E-state index in [1.54, 1.807) is 49.4 Å². The van der Waals surface area contributed by atoms with Crippen LogP contribution in [-0.4, -0.2) is 44.8 Å². The van der Waals surface area contributed by atoms with E-state index in [2.05, 4.69) is 5.32 Å². The predicted molar refractivity (Wildman–Crippen MR) is 157 cm³/mol. The quantitative estimate of drug-likeness (QED) is 0.330. The van der Waals surface area contributed by atoms with Crippen molar-refractivity contribution in [2.24, 2.45) is 0 Å². The molecule has 0 fully saturated rings. The summed E-state index contributed by atoms with van der Waals surface area (Å²) in [6, 6.07) is 15.7. The summed E-state index contributed by atoms with van der Waals surface area (Å²) >= 11 is 12.5. The Bertz CT molecular complexity index is 1460. The molecule has 0 saturated carbocycles. The van der Waals surface area contributed by atoms with Crippen molar-refractivity contribution >= 4 is 50.7 Å². The number of hydrogen-bond donors (Lipinski definition) is 1. The fourth-order valence-corrected chi connectivity index (χ4v) is 6.04. The Hall–Kier alpha value is -3.07. The van der Waals surface area contributed by atoms with Crippen LogP contribution in [0, 0.1) is 20.8 Å². The lowest BCUT2D eigenvalue weighted by molar-refractivity contribution is -0.140. The smallest absolute Gasteiger partial charge is 0.264 e. The van der Waals surface area contributed by atoms with Crippen LogP contribution in [0.4, 0.5) is 5.69 Å². The number of benzene rings is 3. The molecule has 2 amide bonds. The molecule has 7 nitrogen and oxygen atoms in total. The van der Waals surface area contributed by atoms with Crippen molar-refractivity contribution in [2.45, 2.75) is 51.6 Å². The van der Waals surface area contributed by atoms with E-state index >= 15 is 0 Å². The van der Waals surface area contributed by atoms with Crippen molar-refractivity contribution in [3.63, 3.8) is 0 Å². The summed E-state index contributed by atoms with van der Waals surface area (Å²) in [5.41, 5.74) is 3.71. The Kier molecular flexibility index (Phi) is 10.0. The Labute approximate surface area is 240 Å². The highest BCUT2D eigenvalue weighted by atomic mass is 35.5. The molecule has 0 aliphatic rings. The summed E-state index contributed by atoms with van der Waals surface area (Å²) in [4.78, 5) is 28.2. The maximum atomic E-state index is 14.0. The molecule has 1 N–H and O–H groups in total. The van der Waals surface area contributed by atoms with Gasteiger partial charge >= 0.3 is 0 Å². The zero-order valence-electron chi connectivity index (χ0n) is 22.7. The molecule has 1 atom stereocenters. The molecule has 0 aromatic heterocycles. The third-order valence-corrected chi connectivity index (χ3v) is 9.03. The molecule has 208 valence electrons. The Balaban J connectivity index is 2.10. The molecule has 3 aromatic rings. The number of nitrogens with zero attached hydrogens (tertiary/aromatic N) is 2. The molecule has 0 spiro atoms. The summed E-state index contributed by atoms with van der Waals surface area (Å²) < 4.78 is 28.9. The second-order valence-corrected chi connectivity index (χ2v) is 12.1. The summed E-state index contributed by atoms with van der Waals surface area (Å²) in [7, 11) is -2.64. The zero-order valence-corrected chi connectivity index (χ0v) is 25.0. The van der Waals surface area contributed by atoms with Crippen molar-refractivity contribution in [1.29, 1.82) is 0 Å². The fraction of sp³-hybridized carbons (Fsp3) is 0.310. The van der Waals surface area contributed by atoms with E-state index in [9.17, 15) is 18.0 Å². The molecule has 0 saturated heterocycles. The van der Waals surface area contributed by atoms with Gasteiger partial charge in [-0.1, -0.05) is 60.0 Å². The number of rotatable bonds is 10. The highest BCUT2D eigenvalue weighted by molar-refractivity contribution is 7.92. The van der Waals surface area contributed by atoms with Gasteiger partial charge in [0, 0.05) is 23.6 Å². The monoisotopic (exact) mass is 589 g/mol. The van der Waals surface area contributed by atoms with E-state index in [1.165, 1.54) is 24.1 Å². The van der Waals surface area contributed by atoms with Crippen molar-refractivity contribution in [3.8, 4) is 0 Å². The minimum absolute atomic E-state index is 0.00783. The first-order chi connectivity index (χ1) is 18.4. The SMILES string of the molecule is CCC(C(=O)NC)N(Cc1ccc(Cl)cc1Cl)C(=O)CN(c1ccc(C)c(C)c1)S(=O)(=O)c1ccc(C)cc1. The number of carbonyl (C=O) groups excluding carboxylic acids is 2. The van der Waals surface area contributed by atoms with Crippen molar-refractivity contribution in [1.82, 2.24) is 10.2 Å². The van der Waals surface area contributed by atoms with Crippen LogP contribution in [-0.2, 0) is 26.2 Å². The molecule has 0 bridgehead atoms. The summed E-state index contributed by atoms with van der Waals surface area (Å²) in [5.74, 6) is -0.916. The van der Waals surface area contributed by atoms with Crippen LogP contribution in [0.5, 0.6) is 0 Å². The average molecular weight is 591 g/mol. The third-order valence-electron chi connectivity index (χ3n) is 6.65. The largest absolute Gasteiger partial charge is 0.357 e. The molecule has 3 aromatic carbocycles. The first kappa shape index (κ1) is 30.5. The standard InChI is InChI=1S/C29H33Cl2N3O4S/c1-6-27(29(36)32-5)33(17-22-10-11-23(30)16-26(22)31)28(35)18-34(24-12-9-20(3)21(4)15-24)39(37,38)25-13-7-19(2)8-14-25/h7-16,27H,6,17-18H2,1-5H3,(H,32,36). The number of nitrogens with one attached hydrogen (secondary N) is 1. The predicted octanol–water partition coefficient (Wildman–Crippen LogP) is 5.67. The number of amides is 2. The van der Waals surface area contributed by atoms with Crippen LogP contribution in [0.25, 0.3) is 0 Å². The van der Waals surface area contributed by atoms with Gasteiger partial charge in [-0.3, -0.25) is 13.9 Å². The molecule has 3 rings (SSSR count). The van der Waals surface area contributed by atoms with Gasteiger partial charge in [0.2, 0.25) is 11.8 Å². The number of aryl methyl sites for hydroxylation is 3. The summed E-state index contributed by atoms with van der Waals surface area (Å²) in [5, 5.41) is 3.38. The maximum absolute atomic E-state index is 14.0. The highest BCUT2D eigenvalue weighted by Gasteiger charge is 2.33. The van der Waals surface area contributed by atoms with Crippen LogP contribution < -0.4 is 9.62 Å². The molecule has 0 aliphatic carbocycles. The van der Waals surface area contributed by atoms with Gasteiger partial charge in [0.15, 0.2) is 0 Å². The summed E-state index contributed by atoms with van der Waals surface area (Å²) in [6.45, 7) is 6.93. The van der Waals surface area contributed by atoms with E-state index in [0.29, 0.717) is 27.7 Å². The third kappa shape index (κ3) is 7.12. The Morgan fingerprint density at radius 2 is 1.59 bits per heavy atom. The van der Waals surface area contributed by atoms with Gasteiger partial charge in [-0.2, -0.15) is 0 Å². The number of anilines is 1. The first-order valence-electron chi connectivity index (χ1n) is 12.5. The molecule has 1 unspecified atom stereocenters. The van der Waals surface area contributed by atoms with Crippen molar-refractivity contribution in [3.05, 3.63) is 93.0 Å². The normalized spacial score (nSPS) is 12.1. The minimum Gasteiger partial charge on any atom is -0.357 e. The fourth-order valence-electron chi connectivity index (χ4n) is 4.17. The van der Waals surface area contributed by atoms with Crippen LogP contribution in [0.2, 0.25) is 10.0 Å². The average Bonchev–Trinajstić information content (AvgIpc) is 2.89. The molecule has 0 heterocycles. The molecule has 0 radical (unpaired) electrons. The molecular weight excluding hydrogens is 557 g/mol. The Morgan fingerprint density at radius 3 is 2.15 bits per heavy atom. The number of sulfonamides is 1. The van der Waals surface area contributed by atoms with E-state index < -0.39 is 28.5 Å². The van der Waals surface area contributed by atoms with E-state index in [0.717, 1.165) is 21.0 Å². The number of carbonyl (C=O) groups is 2. The second kappa shape index (κ2) is 12.9. The van der Waals surface area contributed by atoms with Crippen LogP contribution in [0.3, 0.4) is 0 Å². The van der Waals surface area contributed by atoms with Gasteiger partial charge < -0.3 is 10.2 Å². The lowest BCUT2D eigenvalue weighted by Gasteiger charge is -2.33. The van der Waals surface area contributed by atoms with E-state index in [4.69, 9.17) is 23.2 Å². The maximum Gasteiger partial charge on any atom is 0.264 e. The number of halogens is 2. The molecular formula is C29H33Cl2N3O4S. The van der Waals surface area contributed by atoms with Crippen LogP contribution >= 0.6 is 23.2 Å². The Morgan fingerprint density at radius 1 is 0.923 bits per heavy atom. The van der Waals surface area contributed by atoms with Crippen LogP contribution in [0.1, 0.15) is 35.6 Å². The molecule has 39 heavy (non-hydrogen) atoms. The molecule has 0 aliphatic heterocycles. The highest BCUT2D eigenvalue weighted by Crippen LogP contribution is 2.28. The lowest BCUT2D eigenvalue weighted by Crippen LogP contribution is -2.51. The summed E-state index contributed by atoms with van der Waals surface area (Å²) in [6.07, 6.45) is 0.310. The lowest BCUT2D eigenvalue weighted by atomic mass is 10.1. The van der Waals surface area contributed by atoms with Crippen molar-refractivity contribution < 1.29 is 18.0 Å². The number of hydrogen-bond acceptors (Lipinski definition) is 4. The van der Waals surface area contributed by atoms with Gasteiger partial charge in [-0.05, 0) is 80.3 Å².